The van der Waals surface area contributed by atoms with E-state index in [4.69, 9.17) is 16.3 Å². The summed E-state index contributed by atoms with van der Waals surface area (Å²) in [5.41, 5.74) is 6.83. The molecule has 0 radical (unpaired) electrons. The van der Waals surface area contributed by atoms with E-state index in [0.717, 1.165) is 11.1 Å². The van der Waals surface area contributed by atoms with Crippen molar-refractivity contribution in [1.82, 2.24) is 10.9 Å². The first-order chi connectivity index (χ1) is 11.8. The van der Waals surface area contributed by atoms with Crippen LogP contribution in [-0.2, 0) is 16.0 Å². The van der Waals surface area contributed by atoms with Crippen molar-refractivity contribution in [1.29, 1.82) is 0 Å². The van der Waals surface area contributed by atoms with Crippen molar-refractivity contribution in [3.05, 3.63) is 63.9 Å². The average Bonchev–Trinajstić information content (AvgIpc) is 2.54. The molecule has 0 heterocycles. The number of carbonyl (C=O) groups is 2. The van der Waals surface area contributed by atoms with Crippen LogP contribution in [0.2, 0.25) is 5.02 Å². The lowest BCUT2D eigenvalue weighted by Gasteiger charge is -2.13. The molecule has 25 heavy (non-hydrogen) atoms. The summed E-state index contributed by atoms with van der Waals surface area (Å²) in [7, 11) is 0. The molecular formula is C18H18ClFN2O3. The predicted molar refractivity (Wildman–Crippen MR) is 92.8 cm³/mol. The highest BCUT2D eigenvalue weighted by molar-refractivity contribution is 6.30. The lowest BCUT2D eigenvalue weighted by molar-refractivity contribution is -0.129. The van der Waals surface area contributed by atoms with E-state index < -0.39 is 11.8 Å². The maximum absolute atomic E-state index is 12.8. The van der Waals surface area contributed by atoms with Crippen LogP contribution in [0.15, 0.2) is 36.4 Å². The van der Waals surface area contributed by atoms with Crippen LogP contribution in [0, 0.1) is 19.7 Å². The molecule has 132 valence electrons. The molecule has 0 aromatic heterocycles. The van der Waals surface area contributed by atoms with Crippen LogP contribution < -0.4 is 15.6 Å². The Kier molecular flexibility index (Phi) is 6.36. The number of hydrogen-bond acceptors (Lipinski definition) is 3. The average molecular weight is 365 g/mol. The van der Waals surface area contributed by atoms with Crippen LogP contribution >= 0.6 is 11.6 Å². The number of halogens is 2. The number of aryl methyl sites for hydroxylation is 2. The second kappa shape index (κ2) is 8.48. The van der Waals surface area contributed by atoms with Crippen LogP contribution in [0.25, 0.3) is 0 Å². The van der Waals surface area contributed by atoms with Gasteiger partial charge in [-0.15, -0.1) is 0 Å². The molecule has 2 aromatic rings. The van der Waals surface area contributed by atoms with Crippen molar-refractivity contribution in [2.24, 2.45) is 0 Å². The minimum atomic E-state index is -0.499. The van der Waals surface area contributed by atoms with E-state index in [1.165, 1.54) is 24.3 Å². The molecule has 2 rings (SSSR count). The molecule has 2 N–H and O–H groups in total. The molecule has 0 fully saturated rings. The van der Waals surface area contributed by atoms with Crippen molar-refractivity contribution in [3.63, 3.8) is 0 Å². The SMILES string of the molecule is Cc1cc(Cl)cc(C)c1OCC(=O)NNC(=O)Cc1ccc(F)cc1. The van der Waals surface area contributed by atoms with Crippen LogP contribution in [0.1, 0.15) is 16.7 Å². The fraction of sp³-hybridized carbons (Fsp3) is 0.222. The van der Waals surface area contributed by atoms with Gasteiger partial charge in [-0.2, -0.15) is 0 Å². The van der Waals surface area contributed by atoms with E-state index >= 15 is 0 Å². The van der Waals surface area contributed by atoms with E-state index in [1.54, 1.807) is 12.1 Å². The predicted octanol–water partition coefficient (Wildman–Crippen LogP) is 2.86. The molecular weight excluding hydrogens is 347 g/mol. The summed E-state index contributed by atoms with van der Waals surface area (Å²) in [6.07, 6.45) is 0.0246. The van der Waals surface area contributed by atoms with Crippen LogP contribution in [0.5, 0.6) is 5.75 Å². The first-order valence-electron chi connectivity index (χ1n) is 7.57. The third kappa shape index (κ3) is 5.76. The first kappa shape index (κ1) is 18.7. The van der Waals surface area contributed by atoms with Gasteiger partial charge in [-0.05, 0) is 54.8 Å². The Hall–Kier alpha value is -2.60. The van der Waals surface area contributed by atoms with Gasteiger partial charge >= 0.3 is 0 Å². The van der Waals surface area contributed by atoms with Crippen molar-refractivity contribution >= 4 is 23.4 Å². The van der Waals surface area contributed by atoms with Gasteiger partial charge in [0.2, 0.25) is 5.91 Å². The summed E-state index contributed by atoms with van der Waals surface area (Å²) in [4.78, 5) is 23.5. The van der Waals surface area contributed by atoms with Gasteiger partial charge in [0.15, 0.2) is 6.61 Å². The lowest BCUT2D eigenvalue weighted by atomic mass is 10.1. The Morgan fingerprint density at radius 1 is 1.04 bits per heavy atom. The van der Waals surface area contributed by atoms with Crippen molar-refractivity contribution in [3.8, 4) is 5.75 Å². The summed E-state index contributed by atoms with van der Waals surface area (Å²) in [6, 6.07) is 9.04. The molecule has 2 aromatic carbocycles. The molecule has 7 heteroatoms. The highest BCUT2D eigenvalue weighted by atomic mass is 35.5. The Labute approximate surface area is 150 Å². The number of amides is 2. The van der Waals surface area contributed by atoms with Crippen LogP contribution in [-0.4, -0.2) is 18.4 Å². The van der Waals surface area contributed by atoms with E-state index in [2.05, 4.69) is 10.9 Å². The van der Waals surface area contributed by atoms with Gasteiger partial charge in [-0.25, -0.2) is 4.39 Å². The number of rotatable bonds is 5. The largest absolute Gasteiger partial charge is 0.483 e. The lowest BCUT2D eigenvalue weighted by Crippen LogP contribution is -2.44. The Bertz CT molecular complexity index is 755. The molecule has 0 saturated heterocycles. The van der Waals surface area contributed by atoms with Gasteiger partial charge in [0.25, 0.3) is 5.91 Å². The topological polar surface area (TPSA) is 67.4 Å². The highest BCUT2D eigenvalue weighted by Gasteiger charge is 2.10. The Morgan fingerprint density at radius 2 is 1.60 bits per heavy atom. The molecule has 0 aliphatic heterocycles. The second-order valence-corrected chi connectivity index (χ2v) is 5.99. The number of carbonyl (C=O) groups excluding carboxylic acids is 2. The molecule has 0 bridgehead atoms. The van der Waals surface area contributed by atoms with E-state index in [-0.39, 0.29) is 18.8 Å². The number of hydrogen-bond donors (Lipinski definition) is 2. The zero-order valence-electron chi connectivity index (χ0n) is 13.9. The van der Waals surface area contributed by atoms with Crippen molar-refractivity contribution in [2.75, 3.05) is 6.61 Å². The van der Waals surface area contributed by atoms with Gasteiger partial charge < -0.3 is 4.74 Å². The van der Waals surface area contributed by atoms with Crippen LogP contribution in [0.4, 0.5) is 4.39 Å². The molecule has 0 aliphatic carbocycles. The highest BCUT2D eigenvalue weighted by Crippen LogP contribution is 2.26. The fourth-order valence-electron chi connectivity index (χ4n) is 2.27. The fourth-order valence-corrected chi connectivity index (χ4v) is 2.60. The number of benzene rings is 2. The standard InChI is InChI=1S/C18H18ClFN2O3/c1-11-7-14(19)8-12(2)18(11)25-10-17(24)22-21-16(23)9-13-3-5-15(20)6-4-13/h3-8H,9-10H2,1-2H3,(H,21,23)(H,22,24). The smallest absolute Gasteiger partial charge is 0.276 e. The van der Waals surface area contributed by atoms with E-state index in [9.17, 15) is 14.0 Å². The quantitative estimate of drug-likeness (QED) is 0.802. The van der Waals surface area contributed by atoms with Gasteiger partial charge in [0, 0.05) is 5.02 Å². The number of nitrogens with one attached hydrogen (secondary N) is 2. The molecule has 0 spiro atoms. The monoisotopic (exact) mass is 364 g/mol. The van der Waals surface area contributed by atoms with Crippen molar-refractivity contribution < 1.29 is 18.7 Å². The number of hydrazine groups is 1. The first-order valence-corrected chi connectivity index (χ1v) is 7.94. The molecule has 0 atom stereocenters. The maximum Gasteiger partial charge on any atom is 0.276 e. The summed E-state index contributed by atoms with van der Waals surface area (Å²) in [6.45, 7) is 3.41. The van der Waals surface area contributed by atoms with Gasteiger partial charge in [0.05, 0.1) is 6.42 Å². The third-order valence-electron chi connectivity index (χ3n) is 3.39. The van der Waals surface area contributed by atoms with E-state index in [1.807, 2.05) is 13.8 Å². The summed E-state index contributed by atoms with van der Waals surface area (Å²) in [5, 5.41) is 0.597. The molecule has 0 aliphatic rings. The van der Waals surface area contributed by atoms with Crippen molar-refractivity contribution in [2.45, 2.75) is 20.3 Å². The van der Waals surface area contributed by atoms with E-state index in [0.29, 0.717) is 16.3 Å². The van der Waals surface area contributed by atoms with Crippen LogP contribution in [0.3, 0.4) is 0 Å². The Morgan fingerprint density at radius 3 is 2.20 bits per heavy atom. The molecule has 0 unspecified atom stereocenters. The minimum Gasteiger partial charge on any atom is -0.483 e. The number of ether oxygens (including phenoxy) is 1. The normalized spacial score (nSPS) is 10.2. The summed E-state index contributed by atoms with van der Waals surface area (Å²) >= 11 is 5.94. The maximum atomic E-state index is 12.8. The zero-order valence-corrected chi connectivity index (χ0v) is 14.6. The molecule has 2 amide bonds. The minimum absolute atomic E-state index is 0.0246. The zero-order chi connectivity index (χ0) is 18.4. The Balaban J connectivity index is 1.79. The summed E-state index contributed by atoms with van der Waals surface area (Å²) in [5.74, 6) is -0.709. The summed E-state index contributed by atoms with van der Waals surface area (Å²) < 4.78 is 18.3. The third-order valence-corrected chi connectivity index (χ3v) is 3.61. The van der Waals surface area contributed by atoms with Gasteiger partial charge in [0.1, 0.15) is 11.6 Å². The molecule has 0 saturated carbocycles. The van der Waals surface area contributed by atoms with Gasteiger partial charge in [-0.3, -0.25) is 20.4 Å². The second-order valence-electron chi connectivity index (χ2n) is 5.56. The van der Waals surface area contributed by atoms with Gasteiger partial charge in [-0.1, -0.05) is 23.7 Å². The molecule has 5 nitrogen and oxygen atoms in total.